The zero-order chi connectivity index (χ0) is 13.7. The molecule has 0 aliphatic carbocycles. The quantitative estimate of drug-likeness (QED) is 0.901. The fourth-order valence-electron chi connectivity index (χ4n) is 2.85. The third-order valence-corrected chi connectivity index (χ3v) is 4.08. The molecular formula is C16H23N3. The van der Waals surface area contributed by atoms with E-state index >= 15 is 0 Å². The van der Waals surface area contributed by atoms with Gasteiger partial charge in [0.05, 0.1) is 12.0 Å². The lowest BCUT2D eigenvalue weighted by Gasteiger charge is -2.35. The Morgan fingerprint density at radius 3 is 2.79 bits per heavy atom. The number of rotatable bonds is 4. The molecule has 0 bridgehead atoms. The Morgan fingerprint density at radius 1 is 1.42 bits per heavy atom. The van der Waals surface area contributed by atoms with Crippen LogP contribution in [0.15, 0.2) is 30.3 Å². The van der Waals surface area contributed by atoms with Crippen LogP contribution >= 0.6 is 0 Å². The van der Waals surface area contributed by atoms with Crippen LogP contribution in [0.5, 0.6) is 0 Å². The molecule has 1 heterocycles. The molecule has 0 radical (unpaired) electrons. The Hall–Kier alpha value is -1.37. The number of piperidine rings is 1. The summed E-state index contributed by atoms with van der Waals surface area (Å²) in [6, 6.07) is 12.8. The predicted molar refractivity (Wildman–Crippen MR) is 77.6 cm³/mol. The van der Waals surface area contributed by atoms with Gasteiger partial charge in [-0.2, -0.15) is 5.26 Å². The minimum absolute atomic E-state index is 0.0342. The Balaban J connectivity index is 1.97. The van der Waals surface area contributed by atoms with Crippen molar-refractivity contribution in [3.8, 4) is 6.07 Å². The lowest BCUT2D eigenvalue weighted by atomic mass is 9.91. The number of nitriles is 1. The van der Waals surface area contributed by atoms with E-state index in [1.165, 1.54) is 12.8 Å². The number of nitrogens with two attached hydrogens (primary N) is 1. The van der Waals surface area contributed by atoms with Crippen LogP contribution in [0.3, 0.4) is 0 Å². The first kappa shape index (κ1) is 14.0. The molecule has 1 saturated heterocycles. The van der Waals surface area contributed by atoms with Crippen LogP contribution in [-0.4, -0.2) is 30.6 Å². The van der Waals surface area contributed by atoms with Gasteiger partial charge in [0.1, 0.15) is 0 Å². The molecule has 0 spiro atoms. The molecule has 0 saturated carbocycles. The Bertz CT molecular complexity index is 421. The van der Waals surface area contributed by atoms with E-state index in [4.69, 9.17) is 5.73 Å². The van der Waals surface area contributed by atoms with Gasteiger partial charge in [0.25, 0.3) is 0 Å². The SMILES string of the molecule is CC(N)C1CCCN(CC(C#N)c2ccccc2)C1. The molecule has 3 nitrogen and oxygen atoms in total. The highest BCUT2D eigenvalue weighted by Crippen LogP contribution is 2.22. The van der Waals surface area contributed by atoms with Gasteiger partial charge < -0.3 is 10.6 Å². The number of benzene rings is 1. The first-order chi connectivity index (χ1) is 9.20. The van der Waals surface area contributed by atoms with Crippen molar-refractivity contribution in [2.45, 2.75) is 31.7 Å². The third-order valence-electron chi connectivity index (χ3n) is 4.08. The zero-order valence-corrected chi connectivity index (χ0v) is 11.6. The maximum absolute atomic E-state index is 9.38. The molecule has 1 aliphatic rings. The average molecular weight is 257 g/mol. The van der Waals surface area contributed by atoms with E-state index in [1.807, 2.05) is 30.3 Å². The monoisotopic (exact) mass is 257 g/mol. The normalized spacial score (nSPS) is 23.5. The first-order valence-corrected chi connectivity index (χ1v) is 7.13. The first-order valence-electron chi connectivity index (χ1n) is 7.13. The molecule has 1 fully saturated rings. The Morgan fingerprint density at radius 2 is 2.16 bits per heavy atom. The Kier molecular flexibility index (Phi) is 4.95. The minimum atomic E-state index is -0.0342. The van der Waals surface area contributed by atoms with Crippen LogP contribution < -0.4 is 5.73 Å². The zero-order valence-electron chi connectivity index (χ0n) is 11.6. The summed E-state index contributed by atoms with van der Waals surface area (Å²) in [6.45, 7) is 5.04. The van der Waals surface area contributed by atoms with Gasteiger partial charge in [-0.1, -0.05) is 30.3 Å². The number of hydrogen-bond donors (Lipinski definition) is 1. The maximum atomic E-state index is 9.38. The maximum Gasteiger partial charge on any atom is 0.0839 e. The molecular weight excluding hydrogens is 234 g/mol. The van der Waals surface area contributed by atoms with E-state index in [0.717, 1.165) is 25.2 Å². The van der Waals surface area contributed by atoms with Crippen molar-refractivity contribution in [3.63, 3.8) is 0 Å². The lowest BCUT2D eigenvalue weighted by molar-refractivity contribution is 0.158. The van der Waals surface area contributed by atoms with E-state index < -0.39 is 0 Å². The molecule has 1 aromatic rings. The van der Waals surface area contributed by atoms with Crippen LogP contribution in [0.25, 0.3) is 0 Å². The van der Waals surface area contributed by atoms with Gasteiger partial charge in [0.15, 0.2) is 0 Å². The lowest BCUT2D eigenvalue weighted by Crippen LogP contribution is -2.43. The molecule has 0 amide bonds. The third kappa shape index (κ3) is 3.79. The molecule has 3 unspecified atom stereocenters. The highest BCUT2D eigenvalue weighted by atomic mass is 15.1. The summed E-state index contributed by atoms with van der Waals surface area (Å²) in [5.74, 6) is 0.539. The second-order valence-electron chi connectivity index (χ2n) is 5.61. The molecule has 0 aromatic heterocycles. The van der Waals surface area contributed by atoms with E-state index in [0.29, 0.717) is 5.92 Å². The van der Waals surface area contributed by atoms with Gasteiger partial charge in [0, 0.05) is 19.1 Å². The summed E-state index contributed by atoms with van der Waals surface area (Å²) in [6.07, 6.45) is 2.41. The molecule has 2 rings (SSSR count). The standard InChI is InChI=1S/C16H23N3/c1-13(18)15-8-5-9-19(11-15)12-16(10-17)14-6-3-2-4-7-14/h2-4,6-7,13,15-16H,5,8-9,11-12,18H2,1H3. The van der Waals surface area contributed by atoms with Crippen LogP contribution in [0.4, 0.5) is 0 Å². The Labute approximate surface area is 116 Å². The largest absolute Gasteiger partial charge is 0.328 e. The van der Waals surface area contributed by atoms with Gasteiger partial charge in [0.2, 0.25) is 0 Å². The molecule has 3 atom stereocenters. The van der Waals surface area contributed by atoms with Gasteiger partial charge >= 0.3 is 0 Å². The van der Waals surface area contributed by atoms with Crippen molar-refractivity contribution in [1.82, 2.24) is 4.90 Å². The van der Waals surface area contributed by atoms with Crippen LogP contribution in [0, 0.1) is 17.2 Å². The summed E-state index contributed by atoms with van der Waals surface area (Å²) < 4.78 is 0. The highest BCUT2D eigenvalue weighted by molar-refractivity contribution is 5.25. The van der Waals surface area contributed by atoms with Crippen molar-refractivity contribution in [2.24, 2.45) is 11.7 Å². The van der Waals surface area contributed by atoms with Crippen LogP contribution in [-0.2, 0) is 0 Å². The van der Waals surface area contributed by atoms with E-state index in [9.17, 15) is 5.26 Å². The summed E-state index contributed by atoms with van der Waals surface area (Å²) in [5.41, 5.74) is 7.13. The highest BCUT2D eigenvalue weighted by Gasteiger charge is 2.24. The molecule has 1 aromatic carbocycles. The van der Waals surface area contributed by atoms with Crippen LogP contribution in [0.2, 0.25) is 0 Å². The van der Waals surface area contributed by atoms with Gasteiger partial charge in [-0.3, -0.25) is 0 Å². The number of hydrogen-bond acceptors (Lipinski definition) is 3. The molecule has 1 aliphatic heterocycles. The van der Waals surface area contributed by atoms with E-state index in [-0.39, 0.29) is 12.0 Å². The number of nitrogens with zero attached hydrogens (tertiary/aromatic N) is 2. The van der Waals surface area contributed by atoms with E-state index in [1.54, 1.807) is 0 Å². The van der Waals surface area contributed by atoms with Gasteiger partial charge in [-0.05, 0) is 37.8 Å². The summed E-state index contributed by atoms with van der Waals surface area (Å²) in [5, 5.41) is 9.38. The predicted octanol–water partition coefficient (Wildman–Crippen LogP) is 2.35. The average Bonchev–Trinajstić information content (AvgIpc) is 2.46. The second-order valence-corrected chi connectivity index (χ2v) is 5.61. The van der Waals surface area contributed by atoms with Crippen molar-refractivity contribution in [2.75, 3.05) is 19.6 Å². The van der Waals surface area contributed by atoms with Crippen LogP contribution in [0.1, 0.15) is 31.2 Å². The molecule has 3 heteroatoms. The van der Waals surface area contributed by atoms with Crippen molar-refractivity contribution in [1.29, 1.82) is 5.26 Å². The number of likely N-dealkylation sites (tertiary alicyclic amines) is 1. The van der Waals surface area contributed by atoms with E-state index in [2.05, 4.69) is 17.9 Å². The van der Waals surface area contributed by atoms with Crippen molar-refractivity contribution < 1.29 is 0 Å². The molecule has 19 heavy (non-hydrogen) atoms. The molecule has 2 N–H and O–H groups in total. The van der Waals surface area contributed by atoms with Crippen molar-refractivity contribution >= 4 is 0 Å². The van der Waals surface area contributed by atoms with Crippen molar-refractivity contribution in [3.05, 3.63) is 35.9 Å². The second kappa shape index (κ2) is 6.70. The molecule has 102 valence electrons. The fourth-order valence-corrected chi connectivity index (χ4v) is 2.85. The van der Waals surface area contributed by atoms with Gasteiger partial charge in [-0.15, -0.1) is 0 Å². The topological polar surface area (TPSA) is 53.0 Å². The summed E-state index contributed by atoms with van der Waals surface area (Å²) in [7, 11) is 0. The summed E-state index contributed by atoms with van der Waals surface area (Å²) in [4.78, 5) is 2.40. The summed E-state index contributed by atoms with van der Waals surface area (Å²) >= 11 is 0. The van der Waals surface area contributed by atoms with Gasteiger partial charge in [-0.25, -0.2) is 0 Å². The smallest absolute Gasteiger partial charge is 0.0839 e. The fraction of sp³-hybridized carbons (Fsp3) is 0.562. The minimum Gasteiger partial charge on any atom is -0.328 e.